The van der Waals surface area contributed by atoms with Crippen molar-refractivity contribution in [1.82, 2.24) is 9.97 Å². The molecule has 0 bridgehead atoms. The lowest BCUT2D eigenvalue weighted by molar-refractivity contribution is 0.410. The van der Waals surface area contributed by atoms with E-state index in [0.29, 0.717) is 11.6 Å². The lowest BCUT2D eigenvalue weighted by Gasteiger charge is -2.18. The van der Waals surface area contributed by atoms with Crippen molar-refractivity contribution in [3.63, 3.8) is 0 Å². The molecule has 0 fully saturated rings. The molecule has 1 aliphatic heterocycles. The highest BCUT2D eigenvalue weighted by molar-refractivity contribution is 7.99. The molecule has 0 radical (unpaired) electrons. The van der Waals surface area contributed by atoms with Gasteiger partial charge in [-0.25, -0.2) is 14.5 Å². The van der Waals surface area contributed by atoms with E-state index in [-0.39, 0.29) is 0 Å². The van der Waals surface area contributed by atoms with E-state index >= 15 is 0 Å². The molecule has 1 unspecified atom stereocenters. The van der Waals surface area contributed by atoms with E-state index in [1.165, 1.54) is 11.8 Å². The first-order chi connectivity index (χ1) is 8.72. The number of nitrogens with one attached hydrogen (secondary N) is 1. The van der Waals surface area contributed by atoms with E-state index in [1.807, 2.05) is 6.07 Å². The van der Waals surface area contributed by atoms with Gasteiger partial charge in [-0.3, -0.25) is 0 Å². The number of rotatable bonds is 2. The maximum Gasteiger partial charge on any atom is 0.365 e. The molecule has 2 aromatic rings. The van der Waals surface area contributed by atoms with Crippen LogP contribution in [0.2, 0.25) is 0 Å². The highest BCUT2D eigenvalue weighted by atomic mass is 32.2. The molecule has 18 heavy (non-hydrogen) atoms. The van der Waals surface area contributed by atoms with Gasteiger partial charge in [-0.15, -0.1) is 0 Å². The van der Waals surface area contributed by atoms with E-state index in [1.54, 1.807) is 24.5 Å². The Morgan fingerprint density at radius 3 is 3.00 bits per heavy atom. The predicted molar refractivity (Wildman–Crippen MR) is 67.7 cm³/mol. The number of aromatic nitrogens is 2. The largest absolute Gasteiger partial charge is 0.426 e. The van der Waals surface area contributed by atoms with Gasteiger partial charge >= 0.3 is 8.25 Å². The molecule has 1 aromatic heterocycles. The molecule has 1 aliphatic rings. The Labute approximate surface area is 107 Å². The second kappa shape index (κ2) is 4.61. The molecule has 0 amide bonds. The number of nitrogens with zero attached hydrogens (tertiary/aromatic N) is 2. The average molecular weight is 281 g/mol. The first-order valence-corrected chi connectivity index (χ1v) is 7.11. The molecule has 2 heterocycles. The molecule has 3 rings (SSSR count). The van der Waals surface area contributed by atoms with E-state index in [4.69, 9.17) is 9.42 Å². The van der Waals surface area contributed by atoms with Gasteiger partial charge in [-0.05, 0) is 12.1 Å². The van der Waals surface area contributed by atoms with Gasteiger partial charge in [0, 0.05) is 23.4 Å². The van der Waals surface area contributed by atoms with Gasteiger partial charge in [0.15, 0.2) is 5.82 Å². The third-order valence-corrected chi connectivity index (χ3v) is 3.76. The molecule has 0 saturated carbocycles. The van der Waals surface area contributed by atoms with Gasteiger partial charge in [0.05, 0.1) is 5.69 Å². The topological polar surface area (TPSA) is 84.3 Å². The SMILES string of the molecule is O=[PH](O)Oc1ccc2c(c1)Nc1nccnc1S2. The van der Waals surface area contributed by atoms with Crippen molar-refractivity contribution in [1.29, 1.82) is 0 Å². The van der Waals surface area contributed by atoms with Gasteiger partial charge in [0.2, 0.25) is 0 Å². The molecule has 1 atom stereocenters. The smallest absolute Gasteiger partial charge is 0.365 e. The summed E-state index contributed by atoms with van der Waals surface area (Å²) in [6, 6.07) is 5.12. The van der Waals surface area contributed by atoms with Gasteiger partial charge in [0.1, 0.15) is 10.8 Å². The number of hydrogen-bond donors (Lipinski definition) is 2. The summed E-state index contributed by atoms with van der Waals surface area (Å²) in [4.78, 5) is 18.1. The second-order valence-electron chi connectivity index (χ2n) is 3.46. The third-order valence-electron chi connectivity index (χ3n) is 2.28. The number of hydrogen-bond acceptors (Lipinski definition) is 6. The zero-order valence-electron chi connectivity index (χ0n) is 8.95. The van der Waals surface area contributed by atoms with Crippen LogP contribution >= 0.6 is 20.0 Å². The Morgan fingerprint density at radius 2 is 2.17 bits per heavy atom. The minimum absolute atomic E-state index is 0.348. The molecule has 1 aromatic carbocycles. The van der Waals surface area contributed by atoms with Gasteiger partial charge in [-0.2, -0.15) is 0 Å². The summed E-state index contributed by atoms with van der Waals surface area (Å²) in [5.41, 5.74) is 0.786. The highest BCUT2D eigenvalue weighted by Gasteiger charge is 2.18. The minimum atomic E-state index is -2.99. The fourth-order valence-corrected chi connectivity index (χ4v) is 2.78. The van der Waals surface area contributed by atoms with Crippen molar-refractivity contribution in [3.8, 4) is 5.75 Å². The summed E-state index contributed by atoms with van der Waals surface area (Å²) in [5, 5.41) is 3.91. The number of benzene rings is 1. The van der Waals surface area contributed by atoms with Gasteiger partial charge in [0.25, 0.3) is 0 Å². The number of anilines is 2. The van der Waals surface area contributed by atoms with Crippen molar-refractivity contribution in [2.45, 2.75) is 9.92 Å². The molecule has 0 spiro atoms. The Morgan fingerprint density at radius 1 is 1.33 bits per heavy atom. The Balaban J connectivity index is 1.96. The van der Waals surface area contributed by atoms with Gasteiger partial charge in [-0.1, -0.05) is 11.8 Å². The summed E-state index contributed by atoms with van der Waals surface area (Å²) in [7, 11) is -2.99. The Kier molecular flexibility index (Phi) is 2.95. The zero-order chi connectivity index (χ0) is 12.5. The number of fused-ring (bicyclic) bond motifs is 2. The van der Waals surface area contributed by atoms with Crippen LogP contribution in [0.4, 0.5) is 11.5 Å². The van der Waals surface area contributed by atoms with Crippen LogP contribution in [0.15, 0.2) is 40.5 Å². The van der Waals surface area contributed by atoms with Crippen molar-refractivity contribution >= 4 is 31.5 Å². The standard InChI is InChI=1S/C10H8N3O3PS/c14-17(15)16-6-1-2-8-7(5-6)13-9-10(18-8)12-4-3-11-9/h1-5,17H,(H,11,13)(H,14,15). The third kappa shape index (κ3) is 2.20. The van der Waals surface area contributed by atoms with E-state index in [2.05, 4.69) is 15.3 Å². The molecule has 2 N–H and O–H groups in total. The van der Waals surface area contributed by atoms with Crippen molar-refractivity contribution in [2.75, 3.05) is 5.32 Å². The van der Waals surface area contributed by atoms with Crippen LogP contribution in [-0.4, -0.2) is 14.9 Å². The van der Waals surface area contributed by atoms with Crippen molar-refractivity contribution in [3.05, 3.63) is 30.6 Å². The van der Waals surface area contributed by atoms with Crippen molar-refractivity contribution in [2.24, 2.45) is 0 Å². The van der Waals surface area contributed by atoms with E-state index in [9.17, 15) is 4.57 Å². The summed E-state index contributed by atoms with van der Waals surface area (Å²) in [5.74, 6) is 1.02. The van der Waals surface area contributed by atoms with Crippen molar-refractivity contribution < 1.29 is 14.0 Å². The normalized spacial score (nSPS) is 14.1. The highest BCUT2D eigenvalue weighted by Crippen LogP contribution is 2.43. The molecular formula is C10H8N3O3PS. The van der Waals surface area contributed by atoms with Crippen LogP contribution in [0, 0.1) is 0 Å². The summed E-state index contributed by atoms with van der Waals surface area (Å²) in [6.45, 7) is 0. The van der Waals surface area contributed by atoms with Crippen LogP contribution in [0.25, 0.3) is 0 Å². The molecule has 0 saturated heterocycles. The maximum atomic E-state index is 10.7. The maximum absolute atomic E-state index is 10.7. The van der Waals surface area contributed by atoms with E-state index < -0.39 is 8.25 Å². The Hall–Kier alpha value is -1.56. The van der Waals surface area contributed by atoms with E-state index in [0.717, 1.165) is 15.6 Å². The summed E-state index contributed by atoms with van der Waals surface area (Å²) < 4.78 is 15.4. The fraction of sp³-hybridized carbons (Fsp3) is 0. The lowest BCUT2D eigenvalue weighted by atomic mass is 10.3. The molecule has 8 heteroatoms. The monoisotopic (exact) mass is 281 g/mol. The Bertz CT molecular complexity index is 638. The summed E-state index contributed by atoms with van der Waals surface area (Å²) in [6.07, 6.45) is 3.23. The molecule has 0 aliphatic carbocycles. The summed E-state index contributed by atoms with van der Waals surface area (Å²) >= 11 is 1.49. The molecule has 6 nitrogen and oxygen atoms in total. The quantitative estimate of drug-likeness (QED) is 0.698. The van der Waals surface area contributed by atoms with Gasteiger partial charge < -0.3 is 14.7 Å². The molecule has 92 valence electrons. The molecular weight excluding hydrogens is 273 g/mol. The minimum Gasteiger partial charge on any atom is -0.426 e. The first-order valence-electron chi connectivity index (χ1n) is 5.03. The predicted octanol–water partition coefficient (Wildman–Crippen LogP) is 2.45. The average Bonchev–Trinajstić information content (AvgIpc) is 2.35. The van der Waals surface area contributed by atoms with Crippen LogP contribution in [0.5, 0.6) is 5.75 Å². The van der Waals surface area contributed by atoms with Crippen LogP contribution < -0.4 is 9.84 Å². The first kappa shape index (κ1) is 11.5. The lowest BCUT2D eigenvalue weighted by Crippen LogP contribution is -2.03. The second-order valence-corrected chi connectivity index (χ2v) is 5.23. The van der Waals surface area contributed by atoms with Crippen LogP contribution in [-0.2, 0) is 4.57 Å². The van der Waals surface area contributed by atoms with Crippen LogP contribution in [0.1, 0.15) is 0 Å². The zero-order valence-corrected chi connectivity index (χ0v) is 10.8. The fourth-order valence-electron chi connectivity index (χ4n) is 1.58. The van der Waals surface area contributed by atoms with Crippen LogP contribution in [0.3, 0.4) is 0 Å².